The summed E-state index contributed by atoms with van der Waals surface area (Å²) in [6.45, 7) is 0.127. The van der Waals surface area contributed by atoms with E-state index in [0.717, 1.165) is 4.90 Å². The molecule has 2 atom stereocenters. The van der Waals surface area contributed by atoms with Crippen LogP contribution in [0.25, 0.3) is 0 Å². The van der Waals surface area contributed by atoms with Crippen LogP contribution in [0.4, 0.5) is 4.79 Å². The van der Waals surface area contributed by atoms with Crippen molar-refractivity contribution < 1.29 is 28.7 Å². The van der Waals surface area contributed by atoms with Crippen LogP contribution in [-0.2, 0) is 24.7 Å². The summed E-state index contributed by atoms with van der Waals surface area (Å²) in [7, 11) is 0. The lowest BCUT2D eigenvalue weighted by molar-refractivity contribution is -0.157. The first-order chi connectivity index (χ1) is 14.9. The molecule has 1 fully saturated rings. The minimum Gasteiger partial charge on any atom is -0.447 e. The van der Waals surface area contributed by atoms with Gasteiger partial charge in [0.05, 0.1) is 12.5 Å². The van der Waals surface area contributed by atoms with E-state index in [9.17, 15) is 19.2 Å². The zero-order chi connectivity index (χ0) is 22.0. The number of cyclic esters (lactones) is 2. The third-order valence-corrected chi connectivity index (χ3v) is 5.61. The SMILES string of the molecule is O=C1C=C[C@@](c2ccccc2)([C@H](CC(=O)c2ccc(Cl)cc2)C(=O)N2CCOC2=O)O1. The molecular formula is C23H18ClNO6. The van der Waals surface area contributed by atoms with Gasteiger partial charge >= 0.3 is 12.1 Å². The van der Waals surface area contributed by atoms with Crippen molar-refractivity contribution in [2.45, 2.75) is 12.0 Å². The Balaban J connectivity index is 1.77. The van der Waals surface area contributed by atoms with E-state index in [-0.39, 0.29) is 25.4 Å². The Morgan fingerprint density at radius 3 is 2.35 bits per heavy atom. The Labute approximate surface area is 183 Å². The molecule has 0 bridgehead atoms. The zero-order valence-corrected chi connectivity index (χ0v) is 17.1. The number of benzene rings is 2. The van der Waals surface area contributed by atoms with E-state index in [0.29, 0.717) is 16.1 Å². The molecule has 0 aliphatic carbocycles. The third-order valence-electron chi connectivity index (χ3n) is 5.36. The number of hydrogen-bond acceptors (Lipinski definition) is 6. The standard InChI is InChI=1S/C23H18ClNO6/c24-17-8-6-15(7-9-17)19(26)14-18(21(28)25-12-13-30-22(25)29)23(11-10-20(27)31-23)16-4-2-1-3-5-16/h1-11,18H,12-14H2/t18-,23-/m1/s1. The average Bonchev–Trinajstić information content (AvgIpc) is 3.38. The van der Waals surface area contributed by atoms with Crippen molar-refractivity contribution in [2.75, 3.05) is 13.2 Å². The normalized spacial score (nSPS) is 21.0. The van der Waals surface area contributed by atoms with Gasteiger partial charge in [-0.1, -0.05) is 41.9 Å². The van der Waals surface area contributed by atoms with E-state index in [1.54, 1.807) is 54.6 Å². The maximum Gasteiger partial charge on any atom is 0.416 e. The molecule has 0 radical (unpaired) electrons. The predicted molar refractivity (Wildman–Crippen MR) is 110 cm³/mol. The fourth-order valence-corrected chi connectivity index (χ4v) is 3.94. The van der Waals surface area contributed by atoms with E-state index < -0.39 is 29.5 Å². The Morgan fingerprint density at radius 1 is 1.06 bits per heavy atom. The summed E-state index contributed by atoms with van der Waals surface area (Å²) in [5.41, 5.74) is -0.657. The molecule has 2 aliphatic rings. The number of amides is 2. The number of ketones is 1. The first kappa shape index (κ1) is 20.8. The minimum absolute atomic E-state index is 0.0613. The van der Waals surface area contributed by atoms with Gasteiger partial charge in [0.15, 0.2) is 11.4 Å². The van der Waals surface area contributed by atoms with E-state index in [1.165, 1.54) is 12.2 Å². The van der Waals surface area contributed by atoms with Crippen molar-refractivity contribution in [1.29, 1.82) is 0 Å². The number of esters is 1. The molecule has 2 aliphatic heterocycles. The number of imide groups is 1. The highest BCUT2D eigenvalue weighted by atomic mass is 35.5. The molecule has 31 heavy (non-hydrogen) atoms. The molecule has 7 nitrogen and oxygen atoms in total. The van der Waals surface area contributed by atoms with Crippen molar-refractivity contribution in [2.24, 2.45) is 5.92 Å². The van der Waals surface area contributed by atoms with Gasteiger partial charge in [0, 0.05) is 28.6 Å². The number of nitrogens with zero attached hydrogens (tertiary/aromatic N) is 1. The second kappa shape index (κ2) is 8.35. The summed E-state index contributed by atoms with van der Waals surface area (Å²) in [5.74, 6) is -2.81. The molecule has 0 unspecified atom stereocenters. The maximum absolute atomic E-state index is 13.5. The first-order valence-corrected chi connectivity index (χ1v) is 10.0. The molecule has 0 spiro atoms. The molecule has 158 valence electrons. The van der Waals surface area contributed by atoms with Crippen LogP contribution in [0.2, 0.25) is 5.02 Å². The van der Waals surface area contributed by atoms with Crippen LogP contribution in [0.3, 0.4) is 0 Å². The van der Waals surface area contributed by atoms with Gasteiger partial charge in [0.1, 0.15) is 6.61 Å². The summed E-state index contributed by atoms with van der Waals surface area (Å²) in [4.78, 5) is 51.7. The molecule has 8 heteroatoms. The monoisotopic (exact) mass is 439 g/mol. The van der Waals surface area contributed by atoms with Crippen LogP contribution in [0, 0.1) is 5.92 Å². The number of ether oxygens (including phenoxy) is 2. The van der Waals surface area contributed by atoms with Gasteiger partial charge in [-0.05, 0) is 30.3 Å². The number of rotatable bonds is 6. The quantitative estimate of drug-likeness (QED) is 0.505. The predicted octanol–water partition coefficient (Wildman–Crippen LogP) is 3.52. The van der Waals surface area contributed by atoms with Crippen molar-refractivity contribution in [3.8, 4) is 0 Å². The van der Waals surface area contributed by atoms with Crippen LogP contribution in [-0.4, -0.2) is 41.8 Å². The second-order valence-corrected chi connectivity index (χ2v) is 7.64. The highest BCUT2D eigenvalue weighted by molar-refractivity contribution is 6.30. The fraction of sp³-hybridized carbons (Fsp3) is 0.217. The van der Waals surface area contributed by atoms with Gasteiger partial charge in [-0.25, -0.2) is 14.5 Å². The van der Waals surface area contributed by atoms with E-state index in [1.807, 2.05) is 0 Å². The van der Waals surface area contributed by atoms with Gasteiger partial charge in [0.25, 0.3) is 0 Å². The Bertz CT molecular complexity index is 1070. The lowest BCUT2D eigenvalue weighted by atomic mass is 9.77. The van der Waals surface area contributed by atoms with Crippen LogP contribution >= 0.6 is 11.6 Å². The van der Waals surface area contributed by atoms with Crippen molar-refractivity contribution >= 4 is 35.4 Å². The zero-order valence-electron chi connectivity index (χ0n) is 16.3. The number of hydrogen-bond donors (Lipinski definition) is 0. The Kier molecular flexibility index (Phi) is 5.61. The van der Waals surface area contributed by atoms with Crippen molar-refractivity contribution in [1.82, 2.24) is 4.90 Å². The third kappa shape index (κ3) is 3.96. The highest BCUT2D eigenvalue weighted by Crippen LogP contribution is 2.42. The van der Waals surface area contributed by atoms with Crippen LogP contribution in [0.15, 0.2) is 66.7 Å². The largest absolute Gasteiger partial charge is 0.447 e. The number of halogens is 1. The molecule has 2 aromatic carbocycles. The fourth-order valence-electron chi connectivity index (χ4n) is 3.81. The van der Waals surface area contributed by atoms with E-state index >= 15 is 0 Å². The van der Waals surface area contributed by atoms with E-state index in [4.69, 9.17) is 21.1 Å². The van der Waals surface area contributed by atoms with Gasteiger partial charge < -0.3 is 9.47 Å². The van der Waals surface area contributed by atoms with Gasteiger partial charge in [-0.2, -0.15) is 0 Å². The summed E-state index contributed by atoms with van der Waals surface area (Å²) in [5, 5.41) is 0.470. The Hall–Kier alpha value is -3.45. The van der Waals surface area contributed by atoms with Crippen LogP contribution in [0.5, 0.6) is 0 Å². The molecule has 0 N–H and O–H groups in total. The molecule has 2 amide bonds. The molecular weight excluding hydrogens is 422 g/mol. The highest BCUT2D eigenvalue weighted by Gasteiger charge is 2.52. The molecule has 4 rings (SSSR count). The van der Waals surface area contributed by atoms with Crippen LogP contribution < -0.4 is 0 Å². The van der Waals surface area contributed by atoms with Crippen LogP contribution in [0.1, 0.15) is 22.3 Å². The summed E-state index contributed by atoms with van der Waals surface area (Å²) in [6.07, 6.45) is 1.62. The number of carbonyl (C=O) groups is 4. The van der Waals surface area contributed by atoms with Gasteiger partial charge in [-0.15, -0.1) is 0 Å². The second-order valence-electron chi connectivity index (χ2n) is 7.20. The summed E-state index contributed by atoms with van der Waals surface area (Å²) < 4.78 is 10.5. The molecule has 0 saturated carbocycles. The molecule has 2 heterocycles. The Morgan fingerprint density at radius 2 is 1.77 bits per heavy atom. The topological polar surface area (TPSA) is 90.0 Å². The smallest absolute Gasteiger partial charge is 0.416 e. The first-order valence-electron chi connectivity index (χ1n) is 9.65. The lowest BCUT2D eigenvalue weighted by Gasteiger charge is -2.35. The summed E-state index contributed by atoms with van der Waals surface area (Å²) >= 11 is 5.91. The lowest BCUT2D eigenvalue weighted by Crippen LogP contribution is -2.48. The van der Waals surface area contributed by atoms with Gasteiger partial charge in [0.2, 0.25) is 5.91 Å². The number of Topliss-reactive ketones (excluding diaryl/α,β-unsaturated/α-hetero) is 1. The average molecular weight is 440 g/mol. The molecule has 2 aromatic rings. The van der Waals surface area contributed by atoms with Crippen molar-refractivity contribution in [3.05, 3.63) is 82.9 Å². The number of carbonyl (C=O) groups excluding carboxylic acids is 4. The minimum atomic E-state index is -1.53. The van der Waals surface area contributed by atoms with Gasteiger partial charge in [-0.3, -0.25) is 9.59 Å². The van der Waals surface area contributed by atoms with E-state index in [2.05, 4.69) is 0 Å². The molecule has 1 saturated heterocycles. The molecule has 0 aromatic heterocycles. The van der Waals surface area contributed by atoms with Crippen molar-refractivity contribution in [3.63, 3.8) is 0 Å². The maximum atomic E-state index is 13.5. The summed E-state index contributed by atoms with van der Waals surface area (Å²) in [6, 6.07) is 14.9.